The Morgan fingerprint density at radius 2 is 1.75 bits per heavy atom. The van der Waals surface area contributed by atoms with Crippen molar-refractivity contribution in [3.8, 4) is 0 Å². The van der Waals surface area contributed by atoms with Crippen LogP contribution < -0.4 is 0 Å². The summed E-state index contributed by atoms with van der Waals surface area (Å²) in [6, 6.07) is 11.4. The molecule has 2 aromatic rings. The van der Waals surface area contributed by atoms with Crippen molar-refractivity contribution in [1.29, 1.82) is 0 Å². The van der Waals surface area contributed by atoms with Crippen molar-refractivity contribution in [1.82, 2.24) is 0 Å². The second-order valence-corrected chi connectivity index (χ2v) is 5.28. The fourth-order valence-corrected chi connectivity index (χ4v) is 2.52. The average Bonchev–Trinajstić information content (AvgIpc) is 2.54. The minimum atomic E-state index is -4.65. The fourth-order valence-electron chi connectivity index (χ4n) is 2.52. The smallest absolute Gasteiger partial charge is 0.418 e. The van der Waals surface area contributed by atoms with Gasteiger partial charge in [0.05, 0.1) is 6.61 Å². The largest absolute Gasteiger partial charge is 0.464 e. The molecule has 130 valence electrons. The molecule has 2 unspecified atom stereocenters. The van der Waals surface area contributed by atoms with Crippen LogP contribution in [0.4, 0.5) is 13.2 Å². The first kappa shape index (κ1) is 18.3. The molecule has 0 fully saturated rings. The maximum absolute atomic E-state index is 13.6. The highest BCUT2D eigenvalue weighted by atomic mass is 19.4. The summed E-state index contributed by atoms with van der Waals surface area (Å²) in [6.07, 6.45) is -8.02. The van der Waals surface area contributed by atoms with Gasteiger partial charge in [0, 0.05) is 0 Å². The molecule has 0 spiro atoms. The van der Waals surface area contributed by atoms with Crippen LogP contribution in [0.25, 0.3) is 10.8 Å². The lowest BCUT2D eigenvalue weighted by Gasteiger charge is -2.26. The minimum Gasteiger partial charge on any atom is -0.464 e. The normalized spacial score (nSPS) is 14.4. The number of ether oxygens (including phenoxy) is 2. The Morgan fingerprint density at radius 1 is 1.08 bits per heavy atom. The van der Waals surface area contributed by atoms with E-state index in [0.717, 1.165) is 0 Å². The van der Waals surface area contributed by atoms with Crippen LogP contribution in [0.1, 0.15) is 31.9 Å². The summed E-state index contributed by atoms with van der Waals surface area (Å²) in [7, 11) is 0. The summed E-state index contributed by atoms with van der Waals surface area (Å²) in [4.78, 5) is 11.8. The van der Waals surface area contributed by atoms with Crippen LogP contribution in [0.15, 0.2) is 42.5 Å². The van der Waals surface area contributed by atoms with E-state index >= 15 is 0 Å². The number of hydrogen-bond donors (Lipinski definition) is 0. The molecule has 0 N–H and O–H groups in total. The number of benzene rings is 2. The van der Waals surface area contributed by atoms with Crippen LogP contribution in [0, 0.1) is 0 Å². The lowest BCUT2D eigenvalue weighted by molar-refractivity contribution is -0.238. The van der Waals surface area contributed by atoms with Gasteiger partial charge >= 0.3 is 12.1 Å². The standard InChI is InChI=1S/C18H19F3O3/c1-3-15(17(22)23-4-2)24-16(18(19,20)21)14-11-7-9-12-8-5-6-10-13(12)14/h5-11,15-16H,3-4H2,1-2H3. The Bertz CT molecular complexity index is 692. The minimum absolute atomic E-state index is 0.0108. The number of fused-ring (bicyclic) bond motifs is 1. The molecule has 6 heteroatoms. The highest BCUT2D eigenvalue weighted by molar-refractivity contribution is 5.86. The lowest BCUT2D eigenvalue weighted by Crippen LogP contribution is -2.33. The Kier molecular flexibility index (Phi) is 5.83. The maximum Gasteiger partial charge on any atom is 0.418 e. The molecule has 0 aliphatic carbocycles. The van der Waals surface area contributed by atoms with Gasteiger partial charge in [-0.2, -0.15) is 13.2 Å². The number of rotatable bonds is 6. The number of halogens is 3. The Morgan fingerprint density at radius 3 is 2.38 bits per heavy atom. The summed E-state index contributed by atoms with van der Waals surface area (Å²) in [6.45, 7) is 3.26. The topological polar surface area (TPSA) is 35.5 Å². The van der Waals surface area contributed by atoms with Gasteiger partial charge in [0.25, 0.3) is 0 Å². The predicted octanol–water partition coefficient (Wildman–Crippen LogP) is 4.80. The first-order valence-electron chi connectivity index (χ1n) is 7.75. The second-order valence-electron chi connectivity index (χ2n) is 5.28. The van der Waals surface area contributed by atoms with Crippen LogP contribution >= 0.6 is 0 Å². The van der Waals surface area contributed by atoms with Crippen LogP contribution in [-0.2, 0) is 14.3 Å². The van der Waals surface area contributed by atoms with Gasteiger partial charge < -0.3 is 9.47 Å². The Hall–Kier alpha value is -2.08. The van der Waals surface area contributed by atoms with Crippen LogP contribution in [0.3, 0.4) is 0 Å². The van der Waals surface area contributed by atoms with Gasteiger partial charge in [-0.15, -0.1) is 0 Å². The van der Waals surface area contributed by atoms with Crippen molar-refractivity contribution in [2.75, 3.05) is 6.61 Å². The third-order valence-corrected chi connectivity index (χ3v) is 3.62. The quantitative estimate of drug-likeness (QED) is 0.709. The van der Waals surface area contributed by atoms with Gasteiger partial charge in [-0.3, -0.25) is 0 Å². The lowest BCUT2D eigenvalue weighted by atomic mass is 10.00. The number of alkyl halides is 3. The zero-order valence-electron chi connectivity index (χ0n) is 13.5. The van der Waals surface area contributed by atoms with Crippen LogP contribution in [-0.4, -0.2) is 24.9 Å². The summed E-state index contributed by atoms with van der Waals surface area (Å²) in [5, 5.41) is 1.12. The molecule has 0 saturated carbocycles. The van der Waals surface area contributed by atoms with Gasteiger partial charge in [-0.05, 0) is 29.7 Å². The predicted molar refractivity (Wildman–Crippen MR) is 84.5 cm³/mol. The van der Waals surface area contributed by atoms with E-state index in [-0.39, 0.29) is 18.6 Å². The maximum atomic E-state index is 13.6. The molecule has 0 amide bonds. The highest BCUT2D eigenvalue weighted by Crippen LogP contribution is 2.40. The summed E-state index contributed by atoms with van der Waals surface area (Å²) in [5.74, 6) is -0.783. The van der Waals surface area contributed by atoms with E-state index in [0.29, 0.717) is 10.8 Å². The van der Waals surface area contributed by atoms with Crippen molar-refractivity contribution in [2.24, 2.45) is 0 Å². The first-order chi connectivity index (χ1) is 11.4. The molecule has 0 aromatic heterocycles. The number of carbonyl (C=O) groups excluding carboxylic acids is 1. The van der Waals surface area contributed by atoms with Gasteiger partial charge in [0.2, 0.25) is 0 Å². The van der Waals surface area contributed by atoms with Gasteiger partial charge in [0.15, 0.2) is 12.2 Å². The van der Waals surface area contributed by atoms with Crippen molar-refractivity contribution in [3.05, 3.63) is 48.0 Å². The highest BCUT2D eigenvalue weighted by Gasteiger charge is 2.45. The average molecular weight is 340 g/mol. The van der Waals surface area contributed by atoms with E-state index in [1.807, 2.05) is 0 Å². The van der Waals surface area contributed by atoms with Crippen molar-refractivity contribution >= 4 is 16.7 Å². The monoisotopic (exact) mass is 340 g/mol. The van der Waals surface area contributed by atoms with Gasteiger partial charge in [-0.25, -0.2) is 4.79 Å². The number of carbonyl (C=O) groups is 1. The molecule has 2 rings (SSSR count). The molecule has 0 saturated heterocycles. The molecule has 3 nitrogen and oxygen atoms in total. The van der Waals surface area contributed by atoms with E-state index in [1.165, 1.54) is 6.07 Å². The molecule has 0 radical (unpaired) electrons. The third-order valence-electron chi connectivity index (χ3n) is 3.62. The number of hydrogen-bond acceptors (Lipinski definition) is 3. The molecule has 0 heterocycles. The number of esters is 1. The molecule has 0 aliphatic heterocycles. The van der Waals surface area contributed by atoms with E-state index in [1.54, 1.807) is 50.2 Å². The zero-order chi connectivity index (χ0) is 17.7. The van der Waals surface area contributed by atoms with Gasteiger partial charge in [-0.1, -0.05) is 49.4 Å². The summed E-state index contributed by atoms with van der Waals surface area (Å²) < 4.78 is 50.8. The van der Waals surface area contributed by atoms with Crippen molar-refractivity contribution < 1.29 is 27.4 Å². The first-order valence-corrected chi connectivity index (χ1v) is 7.75. The van der Waals surface area contributed by atoms with E-state index in [9.17, 15) is 18.0 Å². The third kappa shape index (κ3) is 4.06. The molecular formula is C18H19F3O3. The summed E-state index contributed by atoms with van der Waals surface area (Å²) in [5.41, 5.74) is -0.0108. The van der Waals surface area contributed by atoms with E-state index in [4.69, 9.17) is 9.47 Å². The molecule has 2 aromatic carbocycles. The van der Waals surface area contributed by atoms with E-state index in [2.05, 4.69) is 0 Å². The van der Waals surface area contributed by atoms with Crippen LogP contribution in [0.2, 0.25) is 0 Å². The molecule has 2 atom stereocenters. The second kappa shape index (κ2) is 7.66. The SMILES string of the molecule is CCOC(=O)C(CC)OC(c1cccc2ccccc12)C(F)(F)F. The molecular weight excluding hydrogens is 321 g/mol. The Labute approximate surface area is 138 Å². The van der Waals surface area contributed by atoms with E-state index < -0.39 is 24.4 Å². The van der Waals surface area contributed by atoms with Crippen molar-refractivity contribution in [2.45, 2.75) is 38.7 Å². The Balaban J connectivity index is 2.43. The zero-order valence-corrected chi connectivity index (χ0v) is 13.5. The molecule has 0 aliphatic rings. The van der Waals surface area contributed by atoms with Gasteiger partial charge in [0.1, 0.15) is 0 Å². The molecule has 24 heavy (non-hydrogen) atoms. The van der Waals surface area contributed by atoms with Crippen molar-refractivity contribution in [3.63, 3.8) is 0 Å². The fraction of sp³-hybridized carbons (Fsp3) is 0.389. The van der Waals surface area contributed by atoms with Crippen LogP contribution in [0.5, 0.6) is 0 Å². The molecule has 0 bridgehead atoms. The summed E-state index contributed by atoms with van der Waals surface area (Å²) >= 11 is 0.